The minimum Gasteiger partial charge on any atom is -1.00 e. The van der Waals surface area contributed by atoms with Crippen molar-refractivity contribution in [1.82, 2.24) is 5.32 Å². The van der Waals surface area contributed by atoms with Crippen LogP contribution in [0.4, 0.5) is 8.78 Å². The van der Waals surface area contributed by atoms with E-state index < -0.39 is 5.97 Å². The molecule has 0 aliphatic rings. The van der Waals surface area contributed by atoms with E-state index in [0.29, 0.717) is 43.5 Å². The molecule has 0 aromatic heterocycles. The Bertz CT molecular complexity index is 3180. The Balaban J connectivity index is 0.00000107. The van der Waals surface area contributed by atoms with Gasteiger partial charge in [-0.3, -0.25) is 14.4 Å². The molecule has 0 unspecified atom stereocenters. The summed E-state index contributed by atoms with van der Waals surface area (Å²) >= 11 is 0. The average molecular weight is 1220 g/mol. The largest absolute Gasteiger partial charge is 1.00 e. The van der Waals surface area contributed by atoms with Gasteiger partial charge in [0.05, 0.1) is 6.54 Å². The first kappa shape index (κ1) is 79.0. The second kappa shape index (κ2) is 37.8. The Labute approximate surface area is 538 Å². The lowest BCUT2D eigenvalue weighted by molar-refractivity contribution is -0.386. The summed E-state index contributed by atoms with van der Waals surface area (Å²) in [4.78, 5) is 32.7. The highest BCUT2D eigenvalue weighted by Gasteiger charge is 2.17. The fourth-order valence-electron chi connectivity index (χ4n) is 8.49. The summed E-state index contributed by atoms with van der Waals surface area (Å²) in [5.74, 6) is -1.13. The Hall–Kier alpha value is -7.00. The van der Waals surface area contributed by atoms with Gasteiger partial charge in [-0.25, -0.2) is 8.78 Å². The molecule has 9 heteroatoms. The molecule has 0 aliphatic carbocycles. The quantitative estimate of drug-likeness (QED) is 0.0999. The minimum atomic E-state index is -0.741. The zero-order valence-electron chi connectivity index (χ0n) is 56.9. The van der Waals surface area contributed by atoms with E-state index in [2.05, 4.69) is 219 Å². The van der Waals surface area contributed by atoms with Crippen molar-refractivity contribution < 1.29 is 47.8 Å². The fourth-order valence-corrected chi connectivity index (χ4v) is 8.49. The number of hydrogen-bond acceptors (Lipinski definition) is 3. The number of aryl methyl sites for hydroxylation is 5. The van der Waals surface area contributed by atoms with Gasteiger partial charge in [-0.15, -0.1) is 0 Å². The van der Waals surface area contributed by atoms with E-state index in [-0.39, 0.29) is 64.9 Å². The summed E-state index contributed by atoms with van der Waals surface area (Å²) in [6.45, 7) is 41.7. The highest BCUT2D eigenvalue weighted by molar-refractivity contribution is 5.76. The zero-order valence-corrected chi connectivity index (χ0v) is 57.7. The van der Waals surface area contributed by atoms with E-state index >= 15 is 0 Å². The van der Waals surface area contributed by atoms with Crippen LogP contribution in [0.5, 0.6) is 0 Å². The monoisotopic (exact) mass is 1220 g/mol. The third-order valence-corrected chi connectivity index (χ3v) is 14.6. The Morgan fingerprint density at radius 2 is 0.784 bits per heavy atom. The van der Waals surface area contributed by atoms with Gasteiger partial charge >= 0.3 is 5.97 Å². The van der Waals surface area contributed by atoms with E-state index in [0.717, 1.165) is 34.1 Å². The maximum atomic E-state index is 13.5. The van der Waals surface area contributed by atoms with Crippen LogP contribution in [0.3, 0.4) is 0 Å². The highest BCUT2D eigenvalue weighted by Crippen LogP contribution is 2.26. The molecular weight excluding hydrogens is 1110 g/mol. The molecule has 0 fully saturated rings. The van der Waals surface area contributed by atoms with Gasteiger partial charge in [-0.05, 0) is 146 Å². The molecule has 0 heterocycles. The predicted molar refractivity (Wildman–Crippen MR) is 367 cm³/mol. The molecule has 88 heavy (non-hydrogen) atoms. The van der Waals surface area contributed by atoms with Crippen molar-refractivity contribution in [3.8, 4) is 0 Å². The van der Waals surface area contributed by atoms with E-state index in [9.17, 15) is 23.2 Å². The van der Waals surface area contributed by atoms with E-state index in [1.165, 1.54) is 63.9 Å². The second-order valence-corrected chi connectivity index (χ2v) is 27.5. The molecule has 0 spiro atoms. The number of amides is 1. The summed E-state index contributed by atoms with van der Waals surface area (Å²) in [6, 6.07) is 52.3. The maximum absolute atomic E-state index is 13.5. The van der Waals surface area contributed by atoms with Crippen molar-refractivity contribution in [2.75, 3.05) is 0 Å². The lowest BCUT2D eigenvalue weighted by Gasteiger charge is -2.19. The Morgan fingerprint density at radius 1 is 0.477 bits per heavy atom. The first-order chi connectivity index (χ1) is 40.5. The van der Waals surface area contributed by atoms with E-state index in [1.807, 2.05) is 55.5 Å². The minimum absolute atomic E-state index is 0. The standard InChI is InChI=1S/C21H26FNO.C13H18O2.C13H20.C13H18.C11H14O.C8H10FN.ClH.H2/c1-15-5-6-17(13-19(15)22)14-23-20(24)12-9-16-7-10-18(11-8-16)21(2,3)4;1-13(2,3)11-7-4-10(5-8-11)6-9-12(14)15;2*1-5-6-11-7-9-12(10-8-11)13(2,3)4;1-11(2,3)10-6-4-9(8-12)5-7-10;1-6-2-3-7(5-10)4-8(6)9;;/h5-8,10-11,13H,9,12,14H2,1-4H3,(H,23,24);4-5,7-8H,6,9H2,1-3H3,(H,14,15);7-10H,5-6H2,1-4H3;5-10H,1-4H3;4-8H,1-3H3;2-4H,5,10H2,1H3;2*1H/b;;;6-5+;;;;. The van der Waals surface area contributed by atoms with Gasteiger partial charge in [-0.2, -0.15) is 0 Å². The summed E-state index contributed by atoms with van der Waals surface area (Å²) < 4.78 is 26.2. The third-order valence-electron chi connectivity index (χ3n) is 14.6. The molecule has 7 aromatic carbocycles. The molecule has 5 N–H and O–H groups in total. The molecule has 7 rings (SSSR count). The molecule has 0 saturated carbocycles. The topological polar surface area (TPSA) is 111 Å². The summed E-state index contributed by atoms with van der Waals surface area (Å²) in [6.07, 6.45) is 9.43. The summed E-state index contributed by atoms with van der Waals surface area (Å²) in [5.41, 5.74) is 20.0. The number of carbonyl (C=O) groups excluding carboxylic acids is 2. The highest BCUT2D eigenvalue weighted by atomic mass is 35.5. The molecule has 0 saturated heterocycles. The van der Waals surface area contributed by atoms with E-state index in [4.69, 9.17) is 5.11 Å². The molecule has 7 aromatic rings. The van der Waals surface area contributed by atoms with Crippen molar-refractivity contribution in [2.45, 2.75) is 210 Å². The van der Waals surface area contributed by atoms with Gasteiger partial charge in [0.2, 0.25) is 5.91 Å². The van der Waals surface area contributed by atoms with Crippen LogP contribution in [0, 0.1) is 25.5 Å². The van der Waals surface area contributed by atoms with Crippen molar-refractivity contribution in [3.05, 3.63) is 253 Å². The van der Waals surface area contributed by atoms with Crippen molar-refractivity contribution >= 4 is 24.2 Å². The normalized spacial score (nSPS) is 11.2. The molecule has 480 valence electrons. The number of carboxylic acid groups (broad SMARTS) is 1. The van der Waals surface area contributed by atoms with E-state index in [1.54, 1.807) is 26.0 Å². The van der Waals surface area contributed by atoms with Gasteiger partial charge in [0.15, 0.2) is 0 Å². The summed E-state index contributed by atoms with van der Waals surface area (Å²) in [7, 11) is 0. The molecular formula is C79H109ClF2N2O4. The average Bonchev–Trinajstić information content (AvgIpc) is 3.47. The van der Waals surface area contributed by atoms with Gasteiger partial charge in [0.25, 0.3) is 0 Å². The lowest BCUT2D eigenvalue weighted by atomic mass is 9.86. The SMILES string of the molecule is C/C=C/c1ccc(C(C)(C)C)cc1.CC(C)(C)c1ccc(C=O)cc1.CC(C)(C)c1ccc(CCC(=O)O)cc1.CCCc1ccc(C(C)(C)C)cc1.Cc1ccc(CNC(=O)CCc2ccc(C(C)(C)C)cc2)cc1F.Cc1ccc(C[NH3+])cc1F.[Cl-].[HH]. The number of rotatable bonds is 13. The predicted octanol–water partition coefficient (Wildman–Crippen LogP) is 16.6. The van der Waals surface area contributed by atoms with Gasteiger partial charge in [0.1, 0.15) is 17.9 Å². The Morgan fingerprint density at radius 3 is 1.09 bits per heavy atom. The fraction of sp³-hybridized carbons (Fsp3) is 0.405. The van der Waals surface area contributed by atoms with Crippen molar-refractivity contribution in [2.24, 2.45) is 0 Å². The van der Waals surface area contributed by atoms with Crippen LogP contribution in [-0.4, -0.2) is 23.3 Å². The van der Waals surface area contributed by atoms with Crippen LogP contribution in [0.2, 0.25) is 0 Å². The number of allylic oxidation sites excluding steroid dienone is 1. The Kier molecular flexibility index (Phi) is 33.9. The van der Waals surface area contributed by atoms with Crippen LogP contribution < -0.4 is 23.5 Å². The van der Waals surface area contributed by atoms with Gasteiger partial charge < -0.3 is 28.6 Å². The molecule has 6 nitrogen and oxygen atoms in total. The number of benzene rings is 7. The first-order valence-electron chi connectivity index (χ1n) is 30.9. The van der Waals surface area contributed by atoms with Crippen molar-refractivity contribution in [3.63, 3.8) is 0 Å². The molecule has 0 bridgehead atoms. The van der Waals surface area contributed by atoms with Gasteiger partial charge in [-0.1, -0.05) is 275 Å². The number of halogens is 3. The lowest BCUT2D eigenvalue weighted by Crippen LogP contribution is -3.00. The second-order valence-electron chi connectivity index (χ2n) is 27.5. The molecule has 0 radical (unpaired) electrons. The zero-order chi connectivity index (χ0) is 65.8. The van der Waals surface area contributed by atoms with Crippen LogP contribution in [0.1, 0.15) is 221 Å². The number of aldehydes is 1. The number of carboxylic acids is 1. The number of hydrogen-bond donors (Lipinski definition) is 3. The van der Waals surface area contributed by atoms with Crippen LogP contribution >= 0.6 is 0 Å². The van der Waals surface area contributed by atoms with Crippen molar-refractivity contribution in [1.29, 1.82) is 0 Å². The molecule has 0 atom stereocenters. The summed E-state index contributed by atoms with van der Waals surface area (Å²) in [5, 5.41) is 11.4. The van der Waals surface area contributed by atoms with Gasteiger partial charge in [0, 0.05) is 31.9 Å². The number of quaternary nitrogens is 1. The molecule has 0 aliphatic heterocycles. The van der Waals surface area contributed by atoms with Crippen LogP contribution in [0.15, 0.2) is 164 Å². The first-order valence-corrected chi connectivity index (χ1v) is 30.9. The number of aliphatic carboxylic acids is 1. The maximum Gasteiger partial charge on any atom is 0.303 e. The van der Waals surface area contributed by atoms with Crippen LogP contribution in [-0.2, 0) is 69.0 Å². The van der Waals surface area contributed by atoms with Crippen LogP contribution in [0.25, 0.3) is 6.08 Å². The smallest absolute Gasteiger partial charge is 0.303 e. The third kappa shape index (κ3) is 31.3. The number of carbonyl (C=O) groups is 3. The number of nitrogens with one attached hydrogen (secondary N) is 1. The molecule has 1 amide bonds.